The summed E-state index contributed by atoms with van der Waals surface area (Å²) in [6, 6.07) is 1.83. The SMILES string of the molecule is CCOC(=O)Cn1cc(C(C)O)c2cc(Br)ncc21. The number of hydrogen-bond acceptors (Lipinski definition) is 4. The monoisotopic (exact) mass is 326 g/mol. The van der Waals surface area contributed by atoms with Crippen LogP contribution in [0, 0.1) is 0 Å². The molecule has 0 spiro atoms. The van der Waals surface area contributed by atoms with Crippen molar-refractivity contribution in [2.45, 2.75) is 26.5 Å². The Labute approximate surface area is 119 Å². The van der Waals surface area contributed by atoms with Gasteiger partial charge in [-0.05, 0) is 35.8 Å². The lowest BCUT2D eigenvalue weighted by Crippen LogP contribution is -2.12. The Hall–Kier alpha value is -1.40. The van der Waals surface area contributed by atoms with Crippen LogP contribution >= 0.6 is 15.9 Å². The van der Waals surface area contributed by atoms with E-state index in [1.165, 1.54) is 0 Å². The minimum absolute atomic E-state index is 0.111. The average molecular weight is 327 g/mol. The molecular formula is C13H15BrN2O3. The van der Waals surface area contributed by atoms with Gasteiger partial charge in [0.05, 0.1) is 24.4 Å². The van der Waals surface area contributed by atoms with Crippen LogP contribution in [0.25, 0.3) is 10.9 Å². The summed E-state index contributed by atoms with van der Waals surface area (Å²) < 4.78 is 7.37. The molecule has 6 heteroatoms. The summed E-state index contributed by atoms with van der Waals surface area (Å²) in [7, 11) is 0. The molecule has 5 nitrogen and oxygen atoms in total. The third kappa shape index (κ3) is 2.96. The molecule has 19 heavy (non-hydrogen) atoms. The molecule has 0 radical (unpaired) electrons. The van der Waals surface area contributed by atoms with Crippen LogP contribution in [-0.4, -0.2) is 27.2 Å². The molecule has 2 heterocycles. The first kappa shape index (κ1) is 14.0. The first-order valence-corrected chi connectivity index (χ1v) is 6.80. The number of hydrogen-bond donors (Lipinski definition) is 1. The fourth-order valence-corrected chi connectivity index (χ4v) is 2.33. The quantitative estimate of drug-likeness (QED) is 0.692. The molecule has 2 aromatic rings. The van der Waals surface area contributed by atoms with Gasteiger partial charge < -0.3 is 14.4 Å². The Morgan fingerprint density at radius 2 is 2.37 bits per heavy atom. The number of nitrogens with zero attached hydrogens (tertiary/aromatic N) is 2. The highest BCUT2D eigenvalue weighted by atomic mass is 79.9. The largest absolute Gasteiger partial charge is 0.465 e. The molecule has 0 aliphatic rings. The van der Waals surface area contributed by atoms with Crippen LogP contribution in [-0.2, 0) is 16.1 Å². The van der Waals surface area contributed by atoms with E-state index >= 15 is 0 Å². The maximum Gasteiger partial charge on any atom is 0.325 e. The van der Waals surface area contributed by atoms with E-state index in [1.54, 1.807) is 30.8 Å². The fraction of sp³-hybridized carbons (Fsp3) is 0.385. The Kier molecular flexibility index (Phi) is 4.21. The summed E-state index contributed by atoms with van der Waals surface area (Å²) in [5, 5.41) is 10.7. The lowest BCUT2D eigenvalue weighted by molar-refractivity contribution is -0.143. The Bertz CT molecular complexity index is 607. The predicted octanol–water partition coefficient (Wildman–Crippen LogP) is 2.42. The molecule has 0 saturated heterocycles. The second kappa shape index (κ2) is 5.71. The Morgan fingerprint density at radius 1 is 1.63 bits per heavy atom. The van der Waals surface area contributed by atoms with Crippen molar-refractivity contribution in [1.82, 2.24) is 9.55 Å². The zero-order valence-electron chi connectivity index (χ0n) is 10.8. The molecule has 0 amide bonds. The summed E-state index contributed by atoms with van der Waals surface area (Å²) in [5.74, 6) is -0.306. The highest BCUT2D eigenvalue weighted by Gasteiger charge is 2.15. The molecule has 1 N–H and O–H groups in total. The van der Waals surface area contributed by atoms with Gasteiger partial charge in [-0.15, -0.1) is 0 Å². The fourth-order valence-electron chi connectivity index (χ4n) is 2.00. The number of esters is 1. The summed E-state index contributed by atoms with van der Waals surface area (Å²) in [6.07, 6.45) is 2.82. The van der Waals surface area contributed by atoms with Crippen molar-refractivity contribution in [3.63, 3.8) is 0 Å². The lowest BCUT2D eigenvalue weighted by Gasteiger charge is -2.04. The number of carbonyl (C=O) groups is 1. The highest BCUT2D eigenvalue weighted by Crippen LogP contribution is 2.27. The van der Waals surface area contributed by atoms with Gasteiger partial charge in [0.15, 0.2) is 0 Å². The number of rotatable bonds is 4. The standard InChI is InChI=1S/C13H15BrN2O3/c1-3-19-13(18)7-16-6-10(8(2)17)9-4-12(14)15-5-11(9)16/h4-6,8,17H,3,7H2,1-2H3. The molecular weight excluding hydrogens is 312 g/mol. The number of pyridine rings is 1. The van der Waals surface area contributed by atoms with Gasteiger partial charge in [-0.3, -0.25) is 4.79 Å². The predicted molar refractivity (Wildman–Crippen MR) is 74.7 cm³/mol. The summed E-state index contributed by atoms with van der Waals surface area (Å²) >= 11 is 3.31. The second-order valence-corrected chi connectivity index (χ2v) is 5.03. The van der Waals surface area contributed by atoms with Gasteiger partial charge in [-0.25, -0.2) is 4.98 Å². The van der Waals surface area contributed by atoms with E-state index in [0.29, 0.717) is 11.2 Å². The van der Waals surface area contributed by atoms with Crippen LogP contribution in [0.1, 0.15) is 25.5 Å². The minimum Gasteiger partial charge on any atom is -0.465 e. The molecule has 0 aromatic carbocycles. The number of ether oxygens (including phenoxy) is 1. The number of aromatic nitrogens is 2. The van der Waals surface area contributed by atoms with E-state index in [1.807, 2.05) is 6.07 Å². The summed E-state index contributed by atoms with van der Waals surface area (Å²) in [4.78, 5) is 15.7. The van der Waals surface area contributed by atoms with Gasteiger partial charge in [0, 0.05) is 17.1 Å². The van der Waals surface area contributed by atoms with Crippen molar-refractivity contribution in [3.05, 3.63) is 28.6 Å². The maximum atomic E-state index is 11.6. The van der Waals surface area contributed by atoms with Crippen LogP contribution in [0.2, 0.25) is 0 Å². The number of fused-ring (bicyclic) bond motifs is 1. The van der Waals surface area contributed by atoms with Crippen molar-refractivity contribution in [1.29, 1.82) is 0 Å². The molecule has 0 aliphatic heterocycles. The third-order valence-corrected chi connectivity index (χ3v) is 3.25. The number of aliphatic hydroxyl groups excluding tert-OH is 1. The van der Waals surface area contributed by atoms with Crippen LogP contribution in [0.15, 0.2) is 23.1 Å². The summed E-state index contributed by atoms with van der Waals surface area (Å²) in [6.45, 7) is 3.93. The van der Waals surface area contributed by atoms with E-state index in [2.05, 4.69) is 20.9 Å². The molecule has 0 bridgehead atoms. The van der Waals surface area contributed by atoms with Gasteiger partial charge in [-0.1, -0.05) is 0 Å². The van der Waals surface area contributed by atoms with Crippen molar-refractivity contribution >= 4 is 32.8 Å². The zero-order valence-corrected chi connectivity index (χ0v) is 12.3. The number of carbonyl (C=O) groups excluding carboxylic acids is 1. The molecule has 0 fully saturated rings. The van der Waals surface area contributed by atoms with Crippen molar-refractivity contribution < 1.29 is 14.6 Å². The van der Waals surface area contributed by atoms with Crippen LogP contribution in [0.4, 0.5) is 0 Å². The van der Waals surface area contributed by atoms with Crippen molar-refractivity contribution in [2.24, 2.45) is 0 Å². The second-order valence-electron chi connectivity index (χ2n) is 4.22. The third-order valence-electron chi connectivity index (χ3n) is 2.82. The lowest BCUT2D eigenvalue weighted by atomic mass is 10.1. The topological polar surface area (TPSA) is 64.3 Å². The van der Waals surface area contributed by atoms with E-state index in [9.17, 15) is 9.90 Å². The van der Waals surface area contributed by atoms with Gasteiger partial charge in [0.25, 0.3) is 0 Å². The summed E-state index contributed by atoms with van der Waals surface area (Å²) in [5.41, 5.74) is 1.56. The van der Waals surface area contributed by atoms with Gasteiger partial charge in [0.1, 0.15) is 11.1 Å². The van der Waals surface area contributed by atoms with Crippen molar-refractivity contribution in [3.8, 4) is 0 Å². The molecule has 0 saturated carbocycles. The molecule has 2 aromatic heterocycles. The molecule has 1 atom stereocenters. The molecule has 0 aliphatic carbocycles. The van der Waals surface area contributed by atoms with Crippen molar-refractivity contribution in [2.75, 3.05) is 6.61 Å². The molecule has 1 unspecified atom stereocenters. The average Bonchev–Trinajstić information content (AvgIpc) is 2.67. The smallest absolute Gasteiger partial charge is 0.325 e. The van der Waals surface area contributed by atoms with Gasteiger partial charge in [-0.2, -0.15) is 0 Å². The Balaban J connectivity index is 2.47. The first-order chi connectivity index (χ1) is 9.02. The number of halogens is 1. The van der Waals surface area contributed by atoms with Crippen LogP contribution in [0.5, 0.6) is 0 Å². The normalized spacial score (nSPS) is 12.6. The van der Waals surface area contributed by atoms with Gasteiger partial charge in [0.2, 0.25) is 0 Å². The first-order valence-electron chi connectivity index (χ1n) is 6.01. The zero-order chi connectivity index (χ0) is 14.0. The van der Waals surface area contributed by atoms with Crippen LogP contribution < -0.4 is 0 Å². The highest BCUT2D eigenvalue weighted by molar-refractivity contribution is 9.10. The Morgan fingerprint density at radius 3 is 3.00 bits per heavy atom. The van der Waals surface area contributed by atoms with E-state index < -0.39 is 6.10 Å². The maximum absolute atomic E-state index is 11.6. The number of aliphatic hydroxyl groups is 1. The van der Waals surface area contributed by atoms with E-state index in [0.717, 1.165) is 16.5 Å². The minimum atomic E-state index is -0.611. The van der Waals surface area contributed by atoms with Gasteiger partial charge >= 0.3 is 5.97 Å². The van der Waals surface area contributed by atoms with E-state index in [-0.39, 0.29) is 12.5 Å². The van der Waals surface area contributed by atoms with Crippen LogP contribution in [0.3, 0.4) is 0 Å². The molecule has 2 rings (SSSR count). The molecule has 102 valence electrons. The van der Waals surface area contributed by atoms with E-state index in [4.69, 9.17) is 4.74 Å².